The molecule has 3 aliphatic rings. The number of nitrogens with zero attached hydrogens (tertiary/aromatic N) is 2. The maximum atomic E-state index is 12.6. The number of carbonyl (C=O) groups is 2. The molecule has 1 aliphatic carbocycles. The lowest BCUT2D eigenvalue weighted by Crippen LogP contribution is -2.46. The average molecular weight is 358 g/mol. The van der Waals surface area contributed by atoms with Crippen LogP contribution >= 0.6 is 12.4 Å². The van der Waals surface area contributed by atoms with Crippen molar-refractivity contribution in [1.82, 2.24) is 9.80 Å². The van der Waals surface area contributed by atoms with E-state index in [0.29, 0.717) is 18.2 Å². The number of carbonyl (C=O) groups excluding carboxylic acids is 2. The number of nitrogens with two attached hydrogens (primary N) is 1. The van der Waals surface area contributed by atoms with Gasteiger partial charge in [0.15, 0.2) is 0 Å². The van der Waals surface area contributed by atoms with Crippen LogP contribution in [0.1, 0.15) is 57.8 Å². The molecule has 0 unspecified atom stereocenters. The largest absolute Gasteiger partial charge is 0.343 e. The van der Waals surface area contributed by atoms with E-state index in [1.165, 1.54) is 6.42 Å². The molecule has 0 aromatic heterocycles. The van der Waals surface area contributed by atoms with Crippen molar-refractivity contribution in [3.8, 4) is 0 Å². The second kappa shape index (κ2) is 9.04. The Kier molecular flexibility index (Phi) is 7.35. The SMILES string of the molecule is Cl.N[C@@H]1CCC[C@H]1CC(=O)N1CCC(C(=O)N2CCCCC2)CC1. The van der Waals surface area contributed by atoms with Gasteiger partial charge in [-0.1, -0.05) is 6.42 Å². The molecule has 2 N–H and O–H groups in total. The zero-order chi connectivity index (χ0) is 16.2. The minimum absolute atomic E-state index is 0. The van der Waals surface area contributed by atoms with Crippen molar-refractivity contribution in [3.05, 3.63) is 0 Å². The van der Waals surface area contributed by atoms with Crippen LogP contribution in [0.5, 0.6) is 0 Å². The molecule has 6 heteroatoms. The molecule has 3 fully saturated rings. The Balaban J connectivity index is 0.00000208. The predicted octanol–water partition coefficient (Wildman–Crippen LogP) is 2.18. The van der Waals surface area contributed by atoms with Crippen molar-refractivity contribution in [2.75, 3.05) is 26.2 Å². The van der Waals surface area contributed by atoms with Crippen LogP contribution in [-0.4, -0.2) is 53.8 Å². The summed E-state index contributed by atoms with van der Waals surface area (Å²) in [5.41, 5.74) is 6.08. The fraction of sp³-hybridized carbons (Fsp3) is 0.889. The molecule has 2 saturated heterocycles. The molecule has 1 saturated carbocycles. The van der Waals surface area contributed by atoms with Crippen LogP contribution in [0.15, 0.2) is 0 Å². The minimum Gasteiger partial charge on any atom is -0.343 e. The molecule has 2 atom stereocenters. The third-order valence-corrected chi connectivity index (χ3v) is 6.02. The van der Waals surface area contributed by atoms with Gasteiger partial charge in [0, 0.05) is 44.6 Å². The highest BCUT2D eigenvalue weighted by atomic mass is 35.5. The van der Waals surface area contributed by atoms with E-state index >= 15 is 0 Å². The van der Waals surface area contributed by atoms with Crippen LogP contribution in [0.25, 0.3) is 0 Å². The van der Waals surface area contributed by atoms with Crippen molar-refractivity contribution in [1.29, 1.82) is 0 Å². The summed E-state index contributed by atoms with van der Waals surface area (Å²) >= 11 is 0. The smallest absolute Gasteiger partial charge is 0.225 e. The Morgan fingerprint density at radius 2 is 1.50 bits per heavy atom. The zero-order valence-corrected chi connectivity index (χ0v) is 15.4. The summed E-state index contributed by atoms with van der Waals surface area (Å²) in [5, 5.41) is 0. The van der Waals surface area contributed by atoms with E-state index in [4.69, 9.17) is 5.73 Å². The Morgan fingerprint density at radius 1 is 0.833 bits per heavy atom. The van der Waals surface area contributed by atoms with Crippen molar-refractivity contribution in [2.24, 2.45) is 17.6 Å². The van der Waals surface area contributed by atoms with Gasteiger partial charge in [0.1, 0.15) is 0 Å². The second-order valence-electron chi connectivity index (χ2n) is 7.60. The average Bonchev–Trinajstić information content (AvgIpc) is 3.00. The van der Waals surface area contributed by atoms with Crippen LogP contribution in [0.4, 0.5) is 0 Å². The molecule has 0 aromatic rings. The molecule has 0 aromatic carbocycles. The van der Waals surface area contributed by atoms with E-state index < -0.39 is 0 Å². The lowest BCUT2D eigenvalue weighted by atomic mass is 9.93. The number of hydrogen-bond donors (Lipinski definition) is 1. The van der Waals surface area contributed by atoms with E-state index in [0.717, 1.165) is 71.1 Å². The van der Waals surface area contributed by atoms with Crippen molar-refractivity contribution in [3.63, 3.8) is 0 Å². The van der Waals surface area contributed by atoms with Gasteiger partial charge < -0.3 is 15.5 Å². The van der Waals surface area contributed by atoms with Crippen LogP contribution in [0.2, 0.25) is 0 Å². The molecule has 0 spiro atoms. The molecular formula is C18H32ClN3O2. The van der Waals surface area contributed by atoms with Gasteiger partial charge in [-0.3, -0.25) is 9.59 Å². The minimum atomic E-state index is 0. The molecular weight excluding hydrogens is 326 g/mol. The quantitative estimate of drug-likeness (QED) is 0.841. The monoisotopic (exact) mass is 357 g/mol. The van der Waals surface area contributed by atoms with Gasteiger partial charge >= 0.3 is 0 Å². The van der Waals surface area contributed by atoms with Crippen LogP contribution in [0, 0.1) is 11.8 Å². The Bertz CT molecular complexity index is 432. The maximum absolute atomic E-state index is 12.6. The van der Waals surface area contributed by atoms with Crippen LogP contribution in [0.3, 0.4) is 0 Å². The summed E-state index contributed by atoms with van der Waals surface area (Å²) in [7, 11) is 0. The molecule has 0 radical (unpaired) electrons. The van der Waals surface area contributed by atoms with Crippen molar-refractivity contribution < 1.29 is 9.59 Å². The van der Waals surface area contributed by atoms with Gasteiger partial charge in [-0.2, -0.15) is 0 Å². The third-order valence-electron chi connectivity index (χ3n) is 6.02. The van der Waals surface area contributed by atoms with E-state index in [2.05, 4.69) is 0 Å². The first-order valence-electron chi connectivity index (χ1n) is 9.47. The van der Waals surface area contributed by atoms with E-state index in [-0.39, 0.29) is 30.3 Å². The predicted molar refractivity (Wildman–Crippen MR) is 96.9 cm³/mol. The van der Waals surface area contributed by atoms with Gasteiger partial charge in [0.25, 0.3) is 0 Å². The fourth-order valence-electron chi connectivity index (χ4n) is 4.42. The maximum Gasteiger partial charge on any atom is 0.225 e. The van der Waals surface area contributed by atoms with E-state index in [1.54, 1.807) is 0 Å². The van der Waals surface area contributed by atoms with E-state index in [9.17, 15) is 9.59 Å². The molecule has 2 amide bonds. The standard InChI is InChI=1S/C18H31N3O2.ClH/c19-16-6-4-5-15(16)13-17(22)20-11-7-14(8-12-20)18(23)21-9-2-1-3-10-21;/h14-16H,1-13,19H2;1H/t15-,16+;/m0./s1. The zero-order valence-electron chi connectivity index (χ0n) is 14.6. The molecule has 24 heavy (non-hydrogen) atoms. The highest BCUT2D eigenvalue weighted by molar-refractivity contribution is 5.85. The fourth-order valence-corrected chi connectivity index (χ4v) is 4.42. The number of piperidine rings is 2. The van der Waals surface area contributed by atoms with Gasteiger partial charge in [-0.05, 0) is 50.9 Å². The Hall–Kier alpha value is -0.810. The van der Waals surface area contributed by atoms with Crippen molar-refractivity contribution in [2.45, 2.75) is 63.8 Å². The Morgan fingerprint density at radius 3 is 2.08 bits per heavy atom. The lowest BCUT2D eigenvalue weighted by molar-refractivity contribution is -0.141. The highest BCUT2D eigenvalue weighted by Gasteiger charge is 2.32. The number of likely N-dealkylation sites (tertiary alicyclic amines) is 2. The normalized spacial score (nSPS) is 28.5. The van der Waals surface area contributed by atoms with Crippen molar-refractivity contribution >= 4 is 24.2 Å². The first-order chi connectivity index (χ1) is 11.1. The first kappa shape index (κ1) is 19.5. The first-order valence-corrected chi connectivity index (χ1v) is 9.47. The second-order valence-corrected chi connectivity index (χ2v) is 7.60. The highest BCUT2D eigenvalue weighted by Crippen LogP contribution is 2.28. The summed E-state index contributed by atoms with van der Waals surface area (Å²) in [5.74, 6) is 1.08. The summed E-state index contributed by atoms with van der Waals surface area (Å²) in [6.45, 7) is 3.34. The molecule has 0 bridgehead atoms. The van der Waals surface area contributed by atoms with Gasteiger partial charge in [-0.15, -0.1) is 12.4 Å². The number of rotatable bonds is 3. The summed E-state index contributed by atoms with van der Waals surface area (Å²) < 4.78 is 0. The topological polar surface area (TPSA) is 66.6 Å². The molecule has 2 heterocycles. The summed E-state index contributed by atoms with van der Waals surface area (Å²) in [6, 6.07) is 0.206. The lowest BCUT2D eigenvalue weighted by Gasteiger charge is -2.36. The number of halogens is 1. The Labute approximate surface area is 151 Å². The van der Waals surface area contributed by atoms with Gasteiger partial charge in [0.05, 0.1) is 0 Å². The van der Waals surface area contributed by atoms with Gasteiger partial charge in [-0.25, -0.2) is 0 Å². The van der Waals surface area contributed by atoms with Crippen LogP contribution in [-0.2, 0) is 9.59 Å². The van der Waals surface area contributed by atoms with Crippen LogP contribution < -0.4 is 5.73 Å². The molecule has 5 nitrogen and oxygen atoms in total. The molecule has 138 valence electrons. The van der Waals surface area contributed by atoms with E-state index in [1.807, 2.05) is 9.80 Å². The third kappa shape index (κ3) is 4.63. The molecule has 2 aliphatic heterocycles. The number of amides is 2. The number of hydrogen-bond acceptors (Lipinski definition) is 3. The molecule has 3 rings (SSSR count). The van der Waals surface area contributed by atoms with Gasteiger partial charge in [0.2, 0.25) is 11.8 Å². The summed E-state index contributed by atoms with van der Waals surface area (Å²) in [6.07, 6.45) is 9.11. The summed E-state index contributed by atoms with van der Waals surface area (Å²) in [4.78, 5) is 29.0.